The summed E-state index contributed by atoms with van der Waals surface area (Å²) in [5.74, 6) is 1.10. The molecule has 2 heterocycles. The summed E-state index contributed by atoms with van der Waals surface area (Å²) in [6, 6.07) is 19.1. The molecule has 0 radical (unpaired) electrons. The summed E-state index contributed by atoms with van der Waals surface area (Å²) in [6.07, 6.45) is 2.37. The van der Waals surface area contributed by atoms with Gasteiger partial charge in [-0.3, -0.25) is 4.79 Å². The summed E-state index contributed by atoms with van der Waals surface area (Å²) in [6.45, 7) is 7.34. The first-order valence-corrected chi connectivity index (χ1v) is 12.0. The Balaban J connectivity index is 1.36. The number of carbonyl (C=O) groups excluding carboxylic acids is 2. The highest BCUT2D eigenvalue weighted by atomic mass is 16.5. The molecule has 1 saturated heterocycles. The third-order valence-electron chi connectivity index (χ3n) is 5.94. The number of rotatable bonds is 7. The van der Waals surface area contributed by atoms with Gasteiger partial charge in [0, 0.05) is 37.9 Å². The van der Waals surface area contributed by atoms with Gasteiger partial charge in [0.1, 0.15) is 18.2 Å². The fraction of sp³-hybridized carbons (Fsp3) is 0.321. The van der Waals surface area contributed by atoms with E-state index in [-0.39, 0.29) is 11.9 Å². The molecular weight excluding hydrogens is 442 g/mol. The van der Waals surface area contributed by atoms with Gasteiger partial charge in [-0.25, -0.2) is 9.78 Å². The topological polar surface area (TPSA) is 72.0 Å². The number of aryl methyl sites for hydroxylation is 1. The fourth-order valence-electron chi connectivity index (χ4n) is 4.13. The molecule has 0 N–H and O–H groups in total. The molecule has 1 amide bonds. The predicted octanol–water partition coefficient (Wildman–Crippen LogP) is 4.50. The molecule has 0 saturated carbocycles. The van der Waals surface area contributed by atoms with Crippen molar-refractivity contribution in [3.8, 4) is 5.75 Å². The van der Waals surface area contributed by atoms with Crippen LogP contribution in [-0.2, 0) is 11.3 Å². The second-order valence-electron chi connectivity index (χ2n) is 8.56. The minimum Gasteiger partial charge on any atom is -0.489 e. The summed E-state index contributed by atoms with van der Waals surface area (Å²) in [4.78, 5) is 33.6. The number of anilines is 1. The second-order valence-corrected chi connectivity index (χ2v) is 8.56. The van der Waals surface area contributed by atoms with Crippen LogP contribution in [0.5, 0.6) is 5.75 Å². The summed E-state index contributed by atoms with van der Waals surface area (Å²) in [5.41, 5.74) is 3.34. The zero-order valence-corrected chi connectivity index (χ0v) is 20.3. The second kappa shape index (κ2) is 11.5. The number of carbonyl (C=O) groups is 2. The Bertz CT molecular complexity index is 1160. The van der Waals surface area contributed by atoms with Crippen molar-refractivity contribution >= 4 is 17.7 Å². The lowest BCUT2D eigenvalue weighted by atomic mass is 10.1. The van der Waals surface area contributed by atoms with E-state index in [9.17, 15) is 9.59 Å². The van der Waals surface area contributed by atoms with Crippen molar-refractivity contribution in [1.82, 2.24) is 9.88 Å². The first-order valence-electron chi connectivity index (χ1n) is 12.0. The first kappa shape index (κ1) is 24.3. The van der Waals surface area contributed by atoms with E-state index in [1.54, 1.807) is 19.2 Å². The van der Waals surface area contributed by atoms with E-state index in [0.717, 1.165) is 24.3 Å². The summed E-state index contributed by atoms with van der Waals surface area (Å²) in [5, 5.41) is 0. The summed E-state index contributed by atoms with van der Waals surface area (Å²) >= 11 is 0. The zero-order chi connectivity index (χ0) is 24.6. The predicted molar refractivity (Wildman–Crippen MR) is 135 cm³/mol. The van der Waals surface area contributed by atoms with Gasteiger partial charge in [-0.05, 0) is 56.2 Å². The Labute approximate surface area is 206 Å². The molecule has 0 aliphatic carbocycles. The van der Waals surface area contributed by atoms with Gasteiger partial charge in [0.25, 0.3) is 5.91 Å². The maximum absolute atomic E-state index is 13.2. The van der Waals surface area contributed by atoms with Crippen LogP contribution >= 0.6 is 0 Å². The average molecular weight is 474 g/mol. The van der Waals surface area contributed by atoms with Crippen LogP contribution in [0.2, 0.25) is 0 Å². The number of hydrogen-bond donors (Lipinski definition) is 0. The monoisotopic (exact) mass is 473 g/mol. The molecule has 35 heavy (non-hydrogen) atoms. The van der Waals surface area contributed by atoms with Gasteiger partial charge in [-0.1, -0.05) is 35.9 Å². The van der Waals surface area contributed by atoms with Crippen molar-refractivity contribution in [3.63, 3.8) is 0 Å². The van der Waals surface area contributed by atoms with E-state index in [4.69, 9.17) is 9.47 Å². The normalized spacial score (nSPS) is 13.8. The smallest absolute Gasteiger partial charge is 0.339 e. The number of hydrogen-bond acceptors (Lipinski definition) is 6. The highest BCUT2D eigenvalue weighted by Crippen LogP contribution is 2.19. The molecule has 3 aromatic rings. The maximum atomic E-state index is 13.2. The number of esters is 1. The largest absolute Gasteiger partial charge is 0.489 e. The van der Waals surface area contributed by atoms with Crippen molar-refractivity contribution in [1.29, 1.82) is 0 Å². The van der Waals surface area contributed by atoms with Crippen molar-refractivity contribution in [3.05, 3.63) is 89.1 Å². The third-order valence-corrected chi connectivity index (χ3v) is 5.94. The molecule has 1 aromatic heterocycles. The van der Waals surface area contributed by atoms with E-state index < -0.39 is 0 Å². The van der Waals surface area contributed by atoms with Gasteiger partial charge in [-0.15, -0.1) is 0 Å². The lowest BCUT2D eigenvalue weighted by Gasteiger charge is -2.23. The van der Waals surface area contributed by atoms with Crippen LogP contribution in [0.15, 0.2) is 66.9 Å². The van der Waals surface area contributed by atoms with E-state index in [1.165, 1.54) is 5.56 Å². The van der Waals surface area contributed by atoms with Crippen LogP contribution in [-0.4, -0.2) is 54.5 Å². The summed E-state index contributed by atoms with van der Waals surface area (Å²) < 4.78 is 11.0. The lowest BCUT2D eigenvalue weighted by Crippen LogP contribution is -2.35. The van der Waals surface area contributed by atoms with E-state index in [2.05, 4.69) is 28.9 Å². The molecule has 0 spiro atoms. The Morgan fingerprint density at radius 2 is 1.80 bits per heavy atom. The Morgan fingerprint density at radius 1 is 0.943 bits per heavy atom. The highest BCUT2D eigenvalue weighted by Gasteiger charge is 2.21. The van der Waals surface area contributed by atoms with Crippen molar-refractivity contribution in [2.24, 2.45) is 0 Å². The molecule has 1 aliphatic rings. The van der Waals surface area contributed by atoms with Crippen molar-refractivity contribution < 1.29 is 19.1 Å². The molecule has 0 unspecified atom stereocenters. The number of aromatic nitrogens is 1. The molecule has 7 heteroatoms. The fourth-order valence-corrected chi connectivity index (χ4v) is 4.13. The zero-order valence-electron chi connectivity index (χ0n) is 20.3. The van der Waals surface area contributed by atoms with Crippen LogP contribution in [0.3, 0.4) is 0 Å². The van der Waals surface area contributed by atoms with Crippen LogP contribution in [0.25, 0.3) is 0 Å². The van der Waals surface area contributed by atoms with Gasteiger partial charge in [0.05, 0.1) is 12.2 Å². The molecule has 1 aliphatic heterocycles. The van der Waals surface area contributed by atoms with Crippen LogP contribution < -0.4 is 9.64 Å². The number of nitrogens with zero attached hydrogens (tertiary/aromatic N) is 3. The number of benzene rings is 2. The van der Waals surface area contributed by atoms with Gasteiger partial charge in [-0.2, -0.15) is 0 Å². The van der Waals surface area contributed by atoms with Gasteiger partial charge in [0.15, 0.2) is 0 Å². The number of ether oxygens (including phenoxy) is 2. The third kappa shape index (κ3) is 6.38. The minimum atomic E-state index is -0.371. The van der Waals surface area contributed by atoms with Crippen molar-refractivity contribution in [2.75, 3.05) is 37.7 Å². The van der Waals surface area contributed by atoms with Crippen LogP contribution in [0.4, 0.5) is 5.82 Å². The molecule has 2 aromatic carbocycles. The minimum absolute atomic E-state index is 0.00141. The van der Waals surface area contributed by atoms with E-state index in [1.807, 2.05) is 47.4 Å². The maximum Gasteiger partial charge on any atom is 0.339 e. The Kier molecular flexibility index (Phi) is 7.98. The number of pyridine rings is 1. The standard InChI is InChI=1S/C28H31N3O4/c1-3-34-28(33)24-11-12-26(29-19-24)30-13-6-14-31(16-15-30)27(32)23-9-5-10-25(18-23)35-20-22-8-4-7-21(2)17-22/h4-5,7-12,17-19H,3,6,13-16,20H2,1-2H3. The molecule has 0 atom stereocenters. The average Bonchev–Trinajstić information content (AvgIpc) is 3.14. The lowest BCUT2D eigenvalue weighted by molar-refractivity contribution is 0.0525. The SMILES string of the molecule is CCOC(=O)c1ccc(N2CCCN(C(=O)c3cccc(OCc4cccc(C)c4)c3)CC2)nc1. The first-order chi connectivity index (χ1) is 17.0. The van der Waals surface area contributed by atoms with Gasteiger partial charge >= 0.3 is 5.97 Å². The molecule has 7 nitrogen and oxygen atoms in total. The molecule has 0 bridgehead atoms. The summed E-state index contributed by atoms with van der Waals surface area (Å²) in [7, 11) is 0. The Morgan fingerprint density at radius 3 is 2.57 bits per heavy atom. The Hall–Kier alpha value is -3.87. The van der Waals surface area contributed by atoms with Gasteiger partial charge < -0.3 is 19.3 Å². The highest BCUT2D eigenvalue weighted by molar-refractivity contribution is 5.94. The van der Waals surface area contributed by atoms with Crippen molar-refractivity contribution in [2.45, 2.75) is 26.9 Å². The molecule has 1 fully saturated rings. The molecule has 4 rings (SSSR count). The molecular formula is C28H31N3O4. The molecule has 182 valence electrons. The quantitative estimate of drug-likeness (QED) is 0.471. The van der Waals surface area contributed by atoms with E-state index in [0.29, 0.717) is 49.7 Å². The van der Waals surface area contributed by atoms with Gasteiger partial charge in [0.2, 0.25) is 0 Å². The van der Waals surface area contributed by atoms with E-state index >= 15 is 0 Å². The van der Waals surface area contributed by atoms with Crippen LogP contribution in [0.1, 0.15) is 45.2 Å². The van der Waals surface area contributed by atoms with Crippen LogP contribution in [0, 0.1) is 6.92 Å². The number of amides is 1.